The van der Waals surface area contributed by atoms with E-state index in [1.54, 1.807) is 30.3 Å². The Morgan fingerprint density at radius 2 is 1.30 bits per heavy atom. The molecule has 118 valence electrons. The topological polar surface area (TPSA) is 47.0 Å². The van der Waals surface area contributed by atoms with Gasteiger partial charge in [0, 0.05) is 17.9 Å². The van der Waals surface area contributed by atoms with E-state index in [9.17, 15) is 9.59 Å². The number of carbonyl (C=O) groups excluding carboxylic acids is 2. The van der Waals surface area contributed by atoms with Crippen molar-refractivity contribution < 1.29 is 11.0 Å². The van der Waals surface area contributed by atoms with E-state index in [4.69, 9.17) is 0 Å². The van der Waals surface area contributed by atoms with Crippen molar-refractivity contribution in [1.82, 2.24) is 4.98 Å². The summed E-state index contributed by atoms with van der Waals surface area (Å²) < 4.78 is 0. The first-order valence-electron chi connectivity index (χ1n) is 6.79. The van der Waals surface area contributed by atoms with Gasteiger partial charge in [-0.05, 0) is 12.1 Å². The summed E-state index contributed by atoms with van der Waals surface area (Å²) in [6, 6.07) is 18.3. The summed E-state index contributed by atoms with van der Waals surface area (Å²) in [6.07, 6.45) is 0. The van der Waals surface area contributed by atoms with Crippen LogP contribution in [0.25, 0.3) is 10.9 Å². The summed E-state index contributed by atoms with van der Waals surface area (Å²) in [5, 5.41) is 0.997. The average Bonchev–Trinajstić information content (AvgIpc) is 2.79. The summed E-state index contributed by atoms with van der Waals surface area (Å²) in [5.41, 5.74) is 2.33. The molecule has 0 unspecified atom stereocenters. The first kappa shape index (κ1) is 16.6. The normalized spacial score (nSPS) is 13.4. The molecule has 0 saturated heterocycles. The lowest BCUT2D eigenvalue weighted by atomic mass is 9.98. The lowest BCUT2D eigenvalue weighted by Gasteiger charge is -2.07. The number of rotatable bonds is 1. The zero-order valence-corrected chi connectivity index (χ0v) is 11.1. The SMILES string of the molecule is C.C.O=C1c2ccccc2C(=O)C1c1ccc2ccccc2n1.[HH]. The van der Waals surface area contributed by atoms with Crippen LogP contribution in [-0.2, 0) is 0 Å². The minimum absolute atomic E-state index is 0. The second-order valence-electron chi connectivity index (χ2n) is 5.14. The molecule has 1 aromatic heterocycles. The Hall–Kier alpha value is -2.81. The van der Waals surface area contributed by atoms with Crippen molar-refractivity contribution >= 4 is 22.5 Å². The molecule has 3 heteroatoms. The first-order chi connectivity index (χ1) is 10.3. The molecule has 1 heterocycles. The number of hydrogen-bond donors (Lipinski definition) is 0. The highest BCUT2D eigenvalue weighted by Gasteiger charge is 2.40. The molecule has 3 aromatic rings. The number of aromatic nitrogens is 1. The quantitative estimate of drug-likeness (QED) is 0.600. The molecule has 0 radical (unpaired) electrons. The van der Waals surface area contributed by atoms with Gasteiger partial charge >= 0.3 is 0 Å². The van der Waals surface area contributed by atoms with Crippen LogP contribution in [-0.4, -0.2) is 16.6 Å². The average molecular weight is 307 g/mol. The van der Waals surface area contributed by atoms with Crippen LogP contribution >= 0.6 is 0 Å². The summed E-state index contributed by atoms with van der Waals surface area (Å²) in [7, 11) is 0. The highest BCUT2D eigenvalue weighted by Crippen LogP contribution is 2.33. The summed E-state index contributed by atoms with van der Waals surface area (Å²) in [6.45, 7) is 0. The number of Topliss-reactive ketones (excluding diaryl/α,β-unsaturated/α-hetero) is 2. The smallest absolute Gasteiger partial charge is 0.180 e. The highest BCUT2D eigenvalue weighted by atomic mass is 16.2. The van der Waals surface area contributed by atoms with Crippen LogP contribution in [0.1, 0.15) is 48.6 Å². The lowest BCUT2D eigenvalue weighted by Crippen LogP contribution is -2.14. The predicted octanol–water partition coefficient (Wildman–Crippen LogP) is 4.92. The van der Waals surface area contributed by atoms with Crippen molar-refractivity contribution in [2.24, 2.45) is 0 Å². The molecule has 2 aromatic carbocycles. The maximum absolute atomic E-state index is 12.5. The molecule has 0 spiro atoms. The van der Waals surface area contributed by atoms with E-state index < -0.39 is 5.92 Å². The monoisotopic (exact) mass is 307 g/mol. The maximum atomic E-state index is 12.5. The third kappa shape index (κ3) is 2.44. The van der Waals surface area contributed by atoms with E-state index in [1.165, 1.54) is 0 Å². The van der Waals surface area contributed by atoms with Crippen molar-refractivity contribution in [3.63, 3.8) is 0 Å². The Bertz CT molecular complexity index is 870. The van der Waals surface area contributed by atoms with Crippen LogP contribution in [0.3, 0.4) is 0 Å². The van der Waals surface area contributed by atoms with Crippen LogP contribution in [0.2, 0.25) is 0 Å². The summed E-state index contributed by atoms with van der Waals surface area (Å²) >= 11 is 0. The van der Waals surface area contributed by atoms with Crippen LogP contribution < -0.4 is 0 Å². The Morgan fingerprint density at radius 3 is 1.96 bits per heavy atom. The van der Waals surface area contributed by atoms with Crippen LogP contribution in [0, 0.1) is 0 Å². The molecule has 1 aliphatic rings. The van der Waals surface area contributed by atoms with E-state index in [-0.39, 0.29) is 27.8 Å². The number of nitrogens with zero attached hydrogens (tertiary/aromatic N) is 1. The molecule has 4 rings (SSSR count). The number of ketones is 2. The van der Waals surface area contributed by atoms with Crippen molar-refractivity contribution in [2.75, 3.05) is 0 Å². The van der Waals surface area contributed by atoms with Gasteiger partial charge in [-0.3, -0.25) is 14.6 Å². The van der Waals surface area contributed by atoms with Gasteiger partial charge in [0.2, 0.25) is 0 Å². The van der Waals surface area contributed by atoms with E-state index in [1.807, 2.05) is 30.3 Å². The Labute approximate surface area is 137 Å². The van der Waals surface area contributed by atoms with Crippen LogP contribution in [0.5, 0.6) is 0 Å². The van der Waals surface area contributed by atoms with E-state index >= 15 is 0 Å². The molecule has 0 fully saturated rings. The zero-order valence-electron chi connectivity index (χ0n) is 11.1. The van der Waals surface area contributed by atoms with Gasteiger partial charge in [-0.1, -0.05) is 63.4 Å². The van der Waals surface area contributed by atoms with Crippen LogP contribution in [0.4, 0.5) is 0 Å². The maximum Gasteiger partial charge on any atom is 0.180 e. The molecule has 0 aliphatic heterocycles. The Morgan fingerprint density at radius 1 is 0.739 bits per heavy atom. The van der Waals surface area contributed by atoms with E-state index in [0.29, 0.717) is 16.8 Å². The summed E-state index contributed by atoms with van der Waals surface area (Å²) in [5.74, 6) is -1.11. The number of fused-ring (bicyclic) bond motifs is 2. The fourth-order valence-corrected chi connectivity index (χ4v) is 2.85. The van der Waals surface area contributed by atoms with Gasteiger partial charge < -0.3 is 0 Å². The second kappa shape index (κ2) is 6.13. The van der Waals surface area contributed by atoms with Crippen molar-refractivity contribution in [1.29, 1.82) is 0 Å². The fraction of sp³-hybridized carbons (Fsp3) is 0.150. The molecular formula is C20H21NO2. The molecule has 0 bridgehead atoms. The third-order valence-corrected chi connectivity index (χ3v) is 3.90. The van der Waals surface area contributed by atoms with Gasteiger partial charge in [0.25, 0.3) is 0 Å². The number of benzene rings is 2. The van der Waals surface area contributed by atoms with Gasteiger partial charge in [-0.25, -0.2) is 0 Å². The van der Waals surface area contributed by atoms with Gasteiger partial charge in [0.05, 0.1) is 11.2 Å². The Kier molecular flexibility index (Phi) is 4.41. The molecule has 23 heavy (non-hydrogen) atoms. The molecule has 3 nitrogen and oxygen atoms in total. The molecule has 0 amide bonds. The molecule has 0 atom stereocenters. The van der Waals surface area contributed by atoms with E-state index in [0.717, 1.165) is 10.9 Å². The van der Waals surface area contributed by atoms with Crippen molar-refractivity contribution in [2.45, 2.75) is 20.8 Å². The number of para-hydroxylation sites is 1. The van der Waals surface area contributed by atoms with Gasteiger partial charge in [0.15, 0.2) is 11.6 Å². The zero-order chi connectivity index (χ0) is 14.4. The number of hydrogen-bond acceptors (Lipinski definition) is 3. The number of carbonyl (C=O) groups is 2. The summed E-state index contributed by atoms with van der Waals surface area (Å²) in [4.78, 5) is 29.5. The third-order valence-electron chi connectivity index (χ3n) is 3.90. The minimum atomic E-state index is -0.799. The van der Waals surface area contributed by atoms with Gasteiger partial charge in [0.1, 0.15) is 5.92 Å². The largest absolute Gasteiger partial charge is 0.293 e. The standard InChI is InChI=1S/C18H11NO2.2CH4.H2/c20-17-12-6-2-3-7-13(12)18(21)16(17)15-10-9-11-5-1-4-8-14(11)19-15;;;/h1-10,16H;2*1H4;1H. The van der Waals surface area contributed by atoms with Gasteiger partial charge in [-0.15, -0.1) is 0 Å². The fourth-order valence-electron chi connectivity index (χ4n) is 2.85. The predicted molar refractivity (Wildman–Crippen MR) is 95.2 cm³/mol. The van der Waals surface area contributed by atoms with Crippen molar-refractivity contribution in [3.05, 3.63) is 77.5 Å². The molecule has 0 N–H and O–H groups in total. The van der Waals surface area contributed by atoms with E-state index in [2.05, 4.69) is 4.98 Å². The number of pyridine rings is 1. The Balaban J connectivity index is 0.000000960. The molecule has 0 saturated carbocycles. The lowest BCUT2D eigenvalue weighted by molar-refractivity contribution is 0.0888. The van der Waals surface area contributed by atoms with Crippen molar-refractivity contribution in [3.8, 4) is 0 Å². The molecular weight excluding hydrogens is 286 g/mol. The second-order valence-corrected chi connectivity index (χ2v) is 5.14. The van der Waals surface area contributed by atoms with Crippen LogP contribution in [0.15, 0.2) is 60.7 Å². The first-order valence-corrected chi connectivity index (χ1v) is 6.79. The molecule has 1 aliphatic carbocycles. The van der Waals surface area contributed by atoms with Gasteiger partial charge in [-0.2, -0.15) is 0 Å². The minimum Gasteiger partial charge on any atom is -0.293 e. The highest BCUT2D eigenvalue weighted by molar-refractivity contribution is 6.29.